The van der Waals surface area contributed by atoms with Gasteiger partial charge in [-0.15, -0.1) is 0 Å². The van der Waals surface area contributed by atoms with Crippen molar-refractivity contribution < 1.29 is 4.74 Å². The van der Waals surface area contributed by atoms with E-state index in [-0.39, 0.29) is 0 Å². The van der Waals surface area contributed by atoms with Crippen LogP contribution in [0.15, 0.2) is 91.1 Å². The summed E-state index contributed by atoms with van der Waals surface area (Å²) >= 11 is 12.7. The largest absolute Gasteiger partial charge is 0.493 e. The molecule has 5 aromatic rings. The highest BCUT2D eigenvalue weighted by atomic mass is 35.5. The molecule has 6 rings (SSSR count). The van der Waals surface area contributed by atoms with Gasteiger partial charge >= 0.3 is 0 Å². The summed E-state index contributed by atoms with van der Waals surface area (Å²) in [6.45, 7) is 0.825. The molecular formula is C33H30Cl2N2O. The van der Waals surface area contributed by atoms with Gasteiger partial charge in [0.15, 0.2) is 0 Å². The lowest BCUT2D eigenvalue weighted by Crippen LogP contribution is -2.15. The molecule has 0 N–H and O–H groups in total. The molecule has 1 saturated carbocycles. The molecule has 3 nitrogen and oxygen atoms in total. The van der Waals surface area contributed by atoms with Gasteiger partial charge in [0.2, 0.25) is 0 Å². The number of imidazole rings is 1. The molecule has 0 aliphatic heterocycles. The first-order chi connectivity index (χ1) is 18.6. The van der Waals surface area contributed by atoms with E-state index in [9.17, 15) is 0 Å². The van der Waals surface area contributed by atoms with Gasteiger partial charge < -0.3 is 9.30 Å². The lowest BCUT2D eigenvalue weighted by molar-refractivity contribution is 0.209. The van der Waals surface area contributed by atoms with Crippen LogP contribution in [0.25, 0.3) is 27.7 Å². The normalized spacial score (nSPS) is 14.2. The lowest BCUT2D eigenvalue weighted by atomic mass is 9.90. The quantitative estimate of drug-likeness (QED) is 0.205. The Kier molecular flexibility index (Phi) is 7.40. The van der Waals surface area contributed by atoms with Crippen LogP contribution in [0.2, 0.25) is 10.0 Å². The molecule has 1 heterocycles. The summed E-state index contributed by atoms with van der Waals surface area (Å²) < 4.78 is 8.32. The van der Waals surface area contributed by atoms with Crippen LogP contribution in [-0.4, -0.2) is 16.2 Å². The molecule has 0 atom stereocenters. The average molecular weight is 542 g/mol. The number of fused-ring (bicyclic) bond motifs is 1. The molecule has 0 radical (unpaired) electrons. The van der Waals surface area contributed by atoms with E-state index in [2.05, 4.69) is 59.3 Å². The fourth-order valence-corrected chi connectivity index (χ4v) is 5.91. The maximum atomic E-state index is 6.53. The Morgan fingerprint density at radius 3 is 2.42 bits per heavy atom. The third kappa shape index (κ3) is 5.60. The number of para-hydroxylation sites is 1. The van der Waals surface area contributed by atoms with E-state index in [1.165, 1.54) is 48.4 Å². The molecule has 0 saturated heterocycles. The molecule has 1 aromatic heterocycles. The van der Waals surface area contributed by atoms with Gasteiger partial charge in [0.25, 0.3) is 0 Å². The smallest absolute Gasteiger partial charge is 0.119 e. The lowest BCUT2D eigenvalue weighted by Gasteiger charge is -2.21. The van der Waals surface area contributed by atoms with Crippen molar-refractivity contribution in [1.82, 2.24) is 9.55 Å². The highest BCUT2D eigenvalue weighted by Gasteiger charge is 2.16. The van der Waals surface area contributed by atoms with Crippen LogP contribution in [0.3, 0.4) is 0 Å². The summed E-state index contributed by atoms with van der Waals surface area (Å²) in [5.74, 6) is 2.60. The highest BCUT2D eigenvalue weighted by Crippen LogP contribution is 2.32. The third-order valence-corrected chi connectivity index (χ3v) is 8.02. The van der Waals surface area contributed by atoms with Crippen LogP contribution in [-0.2, 0) is 6.42 Å². The number of hydrogen-bond acceptors (Lipinski definition) is 2. The number of benzene rings is 4. The molecule has 1 fully saturated rings. The Bertz CT molecular complexity index is 1550. The number of aromatic nitrogens is 2. The van der Waals surface area contributed by atoms with Crippen LogP contribution < -0.4 is 4.74 Å². The Hall–Kier alpha value is -3.27. The first-order valence-corrected chi connectivity index (χ1v) is 14.1. The van der Waals surface area contributed by atoms with E-state index < -0.39 is 0 Å². The van der Waals surface area contributed by atoms with Gasteiger partial charge in [0.05, 0.1) is 17.3 Å². The van der Waals surface area contributed by atoms with Crippen LogP contribution >= 0.6 is 23.2 Å². The van der Waals surface area contributed by atoms with E-state index in [0.29, 0.717) is 22.4 Å². The summed E-state index contributed by atoms with van der Waals surface area (Å²) in [4.78, 5) is 5.02. The molecule has 5 heteroatoms. The SMILES string of the molecule is Clc1ccc(-c2cn(-c3ccccc3)c(Cc3ccc4cc(OCC5CCCCC5)ccc4c3)n2)c(Cl)c1. The van der Waals surface area contributed by atoms with Crippen molar-refractivity contribution >= 4 is 34.0 Å². The maximum absolute atomic E-state index is 6.53. The Morgan fingerprint density at radius 1 is 0.816 bits per heavy atom. The van der Waals surface area contributed by atoms with Crippen molar-refractivity contribution in [3.05, 3.63) is 113 Å². The topological polar surface area (TPSA) is 27.1 Å². The molecule has 38 heavy (non-hydrogen) atoms. The summed E-state index contributed by atoms with van der Waals surface area (Å²) in [6, 6.07) is 28.9. The number of rotatable bonds is 7. The molecule has 1 aliphatic carbocycles. The fraction of sp³-hybridized carbons (Fsp3) is 0.242. The third-order valence-electron chi connectivity index (χ3n) is 7.47. The van der Waals surface area contributed by atoms with Crippen molar-refractivity contribution in [1.29, 1.82) is 0 Å². The molecule has 0 bridgehead atoms. The molecule has 4 aromatic carbocycles. The Morgan fingerprint density at radius 2 is 1.61 bits per heavy atom. The minimum absolute atomic E-state index is 0.592. The van der Waals surface area contributed by atoms with Crippen molar-refractivity contribution in [3.8, 4) is 22.7 Å². The second kappa shape index (κ2) is 11.2. The number of nitrogens with zero attached hydrogens (tertiary/aromatic N) is 2. The zero-order chi connectivity index (χ0) is 25.9. The van der Waals surface area contributed by atoms with E-state index in [0.717, 1.165) is 35.1 Å². The zero-order valence-corrected chi connectivity index (χ0v) is 22.8. The van der Waals surface area contributed by atoms with E-state index in [1.54, 1.807) is 6.07 Å². The van der Waals surface area contributed by atoms with Gasteiger partial charge in [0.1, 0.15) is 11.6 Å². The zero-order valence-electron chi connectivity index (χ0n) is 21.2. The summed E-state index contributed by atoms with van der Waals surface area (Å²) in [5, 5.41) is 3.59. The summed E-state index contributed by atoms with van der Waals surface area (Å²) in [5.41, 5.74) is 3.95. The molecule has 0 spiro atoms. The van der Waals surface area contributed by atoms with Gasteiger partial charge in [-0.2, -0.15) is 0 Å². The number of hydrogen-bond donors (Lipinski definition) is 0. The second-order valence-electron chi connectivity index (χ2n) is 10.2. The van der Waals surface area contributed by atoms with Gasteiger partial charge in [-0.05, 0) is 77.6 Å². The van der Waals surface area contributed by atoms with Crippen LogP contribution in [0.1, 0.15) is 43.5 Å². The predicted molar refractivity (Wildman–Crippen MR) is 158 cm³/mol. The minimum Gasteiger partial charge on any atom is -0.493 e. The standard InChI is InChI=1S/C33H30Cl2N2O/c34-27-14-16-30(31(35)20-27)32-21-37(28-9-5-2-6-10-28)33(36-32)18-24-11-12-26-19-29(15-13-25(26)17-24)38-22-23-7-3-1-4-8-23/h2,5-6,9-17,19-21,23H,1,3-4,7-8,18,22H2. The maximum Gasteiger partial charge on any atom is 0.119 e. The molecule has 0 amide bonds. The predicted octanol–water partition coefficient (Wildman–Crippen LogP) is 9.55. The summed E-state index contributed by atoms with van der Waals surface area (Å²) in [6.07, 6.45) is 9.38. The second-order valence-corrected chi connectivity index (χ2v) is 11.1. The van der Waals surface area contributed by atoms with Crippen molar-refractivity contribution in [3.63, 3.8) is 0 Å². The van der Waals surface area contributed by atoms with Crippen molar-refractivity contribution in [2.75, 3.05) is 6.61 Å². The monoisotopic (exact) mass is 540 g/mol. The van der Waals surface area contributed by atoms with Gasteiger partial charge in [-0.25, -0.2) is 4.98 Å². The van der Waals surface area contributed by atoms with Gasteiger partial charge in [-0.3, -0.25) is 0 Å². The first kappa shape index (κ1) is 25.0. The first-order valence-electron chi connectivity index (χ1n) is 13.4. The number of ether oxygens (including phenoxy) is 1. The van der Waals surface area contributed by atoms with E-state index in [1.807, 2.05) is 30.3 Å². The van der Waals surface area contributed by atoms with Crippen molar-refractivity contribution in [2.24, 2.45) is 5.92 Å². The molecular weight excluding hydrogens is 511 g/mol. The Labute approximate surface area is 234 Å². The van der Waals surface area contributed by atoms with E-state index >= 15 is 0 Å². The average Bonchev–Trinajstić information content (AvgIpc) is 3.36. The van der Waals surface area contributed by atoms with Crippen molar-refractivity contribution in [2.45, 2.75) is 38.5 Å². The van der Waals surface area contributed by atoms with Gasteiger partial charge in [-0.1, -0.05) is 84.9 Å². The number of halogens is 2. The molecule has 0 unspecified atom stereocenters. The molecule has 1 aliphatic rings. The Balaban J connectivity index is 1.27. The molecule has 192 valence electrons. The van der Waals surface area contributed by atoms with E-state index in [4.69, 9.17) is 32.9 Å². The summed E-state index contributed by atoms with van der Waals surface area (Å²) in [7, 11) is 0. The fourth-order valence-electron chi connectivity index (χ4n) is 5.41. The van der Waals surface area contributed by atoms with Crippen LogP contribution in [0, 0.1) is 5.92 Å². The van der Waals surface area contributed by atoms with Crippen LogP contribution in [0.5, 0.6) is 5.75 Å². The minimum atomic E-state index is 0.592. The highest BCUT2D eigenvalue weighted by molar-refractivity contribution is 6.36. The van der Waals surface area contributed by atoms with Gasteiger partial charge in [0, 0.05) is 28.9 Å². The van der Waals surface area contributed by atoms with Crippen LogP contribution in [0.4, 0.5) is 0 Å².